The number of likely N-dealkylation sites (tertiary alicyclic amines) is 1. The monoisotopic (exact) mass is 401 g/mol. The van der Waals surface area contributed by atoms with Crippen LogP contribution in [0, 0.1) is 0 Å². The predicted molar refractivity (Wildman–Crippen MR) is 110 cm³/mol. The van der Waals surface area contributed by atoms with Gasteiger partial charge in [-0.15, -0.1) is 12.4 Å². The molecular formula is C21H24ClN3O3. The van der Waals surface area contributed by atoms with Gasteiger partial charge in [0.15, 0.2) is 0 Å². The Balaban J connectivity index is 0.00000225. The van der Waals surface area contributed by atoms with E-state index >= 15 is 0 Å². The third kappa shape index (κ3) is 3.62. The largest absolute Gasteiger partial charge is 0.343 e. The van der Waals surface area contributed by atoms with Crippen LogP contribution in [0.3, 0.4) is 0 Å². The summed E-state index contributed by atoms with van der Waals surface area (Å²) in [6, 6.07) is 11.2. The summed E-state index contributed by atoms with van der Waals surface area (Å²) in [6.07, 6.45) is 2.46. The number of nitrogens with zero attached hydrogens (tertiary/aromatic N) is 2. The van der Waals surface area contributed by atoms with Crippen LogP contribution in [-0.2, 0) is 4.79 Å². The second-order valence-electron chi connectivity index (χ2n) is 7.29. The lowest BCUT2D eigenvalue weighted by Crippen LogP contribution is -2.43. The van der Waals surface area contributed by atoms with Crippen molar-refractivity contribution < 1.29 is 14.4 Å². The van der Waals surface area contributed by atoms with Crippen LogP contribution >= 0.6 is 12.4 Å². The fourth-order valence-electron chi connectivity index (χ4n) is 3.98. The van der Waals surface area contributed by atoms with Crippen LogP contribution in [0.15, 0.2) is 36.4 Å². The molecule has 3 amide bonds. The summed E-state index contributed by atoms with van der Waals surface area (Å²) in [5.74, 6) is -0.484. The standard InChI is InChI=1S/C21H23N3O3.ClH/c22-15-9-12-23(13-10-15)18(25)8-3-11-24-20(26)16-6-1-4-14-5-2-7-17(19(14)16)21(24)27;/h1-2,4-7,15H,3,8-13,22H2;1H. The zero-order chi connectivity index (χ0) is 19.0. The first-order valence-corrected chi connectivity index (χ1v) is 9.47. The van der Waals surface area contributed by atoms with Crippen molar-refractivity contribution in [1.82, 2.24) is 9.80 Å². The van der Waals surface area contributed by atoms with Crippen LogP contribution in [-0.4, -0.2) is 53.2 Å². The van der Waals surface area contributed by atoms with Crippen molar-refractivity contribution in [2.45, 2.75) is 31.7 Å². The fraction of sp³-hybridized carbons (Fsp3) is 0.381. The number of hydrogen-bond acceptors (Lipinski definition) is 4. The van der Waals surface area contributed by atoms with Crippen molar-refractivity contribution in [1.29, 1.82) is 0 Å². The lowest BCUT2D eigenvalue weighted by Gasteiger charge is -2.31. The average molecular weight is 402 g/mol. The highest BCUT2D eigenvalue weighted by Gasteiger charge is 2.32. The van der Waals surface area contributed by atoms with Gasteiger partial charge in [0.2, 0.25) is 5.91 Å². The Morgan fingerprint density at radius 2 is 1.57 bits per heavy atom. The first-order chi connectivity index (χ1) is 13.1. The van der Waals surface area contributed by atoms with E-state index in [0.717, 1.165) is 23.6 Å². The molecule has 0 unspecified atom stereocenters. The van der Waals surface area contributed by atoms with E-state index in [1.54, 1.807) is 12.1 Å². The molecule has 0 spiro atoms. The molecule has 2 aliphatic rings. The van der Waals surface area contributed by atoms with E-state index in [1.807, 2.05) is 29.2 Å². The molecule has 148 valence electrons. The minimum absolute atomic E-state index is 0. The van der Waals surface area contributed by atoms with Crippen molar-refractivity contribution in [2.75, 3.05) is 19.6 Å². The Bertz CT molecular complexity index is 872. The lowest BCUT2D eigenvalue weighted by atomic mass is 9.94. The zero-order valence-electron chi connectivity index (χ0n) is 15.6. The third-order valence-electron chi connectivity index (χ3n) is 5.52. The number of piperidine rings is 1. The summed E-state index contributed by atoms with van der Waals surface area (Å²) >= 11 is 0. The van der Waals surface area contributed by atoms with Gasteiger partial charge in [0.05, 0.1) is 0 Å². The molecule has 0 radical (unpaired) electrons. The van der Waals surface area contributed by atoms with Gasteiger partial charge in [0.25, 0.3) is 11.8 Å². The lowest BCUT2D eigenvalue weighted by molar-refractivity contribution is -0.132. The summed E-state index contributed by atoms with van der Waals surface area (Å²) in [4.78, 5) is 41.1. The average Bonchev–Trinajstić information content (AvgIpc) is 2.69. The molecule has 0 aliphatic carbocycles. The third-order valence-corrected chi connectivity index (χ3v) is 5.52. The van der Waals surface area contributed by atoms with Crippen LogP contribution in [0.2, 0.25) is 0 Å². The first-order valence-electron chi connectivity index (χ1n) is 9.47. The van der Waals surface area contributed by atoms with Gasteiger partial charge in [0, 0.05) is 48.6 Å². The van der Waals surface area contributed by atoms with E-state index in [9.17, 15) is 14.4 Å². The van der Waals surface area contributed by atoms with E-state index in [2.05, 4.69) is 0 Å². The Morgan fingerprint density at radius 1 is 1.00 bits per heavy atom. The number of benzene rings is 2. The molecule has 2 aromatic carbocycles. The molecule has 4 rings (SSSR count). The summed E-state index contributed by atoms with van der Waals surface area (Å²) in [5.41, 5.74) is 6.99. The second-order valence-corrected chi connectivity index (χ2v) is 7.29. The van der Waals surface area contributed by atoms with E-state index in [0.29, 0.717) is 37.1 Å². The SMILES string of the molecule is Cl.NC1CCN(C(=O)CCCN2C(=O)c3cccc4cccc(c34)C2=O)CC1. The quantitative estimate of drug-likeness (QED) is 0.798. The fourth-order valence-corrected chi connectivity index (χ4v) is 3.98. The first kappa shape index (κ1) is 20.3. The molecule has 7 heteroatoms. The van der Waals surface area contributed by atoms with Crippen LogP contribution in [0.1, 0.15) is 46.4 Å². The molecule has 1 saturated heterocycles. The maximum absolute atomic E-state index is 12.8. The number of imide groups is 1. The van der Waals surface area contributed by atoms with E-state index in [4.69, 9.17) is 5.73 Å². The highest BCUT2D eigenvalue weighted by Crippen LogP contribution is 2.30. The number of halogens is 1. The minimum atomic E-state index is -0.277. The van der Waals surface area contributed by atoms with Crippen molar-refractivity contribution in [3.8, 4) is 0 Å². The predicted octanol–water partition coefficient (Wildman–Crippen LogP) is 2.59. The van der Waals surface area contributed by atoms with Crippen molar-refractivity contribution in [3.63, 3.8) is 0 Å². The van der Waals surface area contributed by atoms with Crippen molar-refractivity contribution in [3.05, 3.63) is 47.5 Å². The molecule has 2 heterocycles. The maximum Gasteiger partial charge on any atom is 0.261 e. The Hall–Kier alpha value is -2.44. The molecule has 2 aromatic rings. The maximum atomic E-state index is 12.8. The molecule has 0 aromatic heterocycles. The molecule has 28 heavy (non-hydrogen) atoms. The van der Waals surface area contributed by atoms with Crippen molar-refractivity contribution in [2.24, 2.45) is 5.73 Å². The molecule has 2 N–H and O–H groups in total. The number of nitrogens with two attached hydrogens (primary N) is 1. The minimum Gasteiger partial charge on any atom is -0.343 e. The Kier molecular flexibility index (Phi) is 6.01. The molecular weight excluding hydrogens is 378 g/mol. The van der Waals surface area contributed by atoms with Crippen LogP contribution in [0.4, 0.5) is 0 Å². The Morgan fingerprint density at radius 3 is 2.14 bits per heavy atom. The summed E-state index contributed by atoms with van der Waals surface area (Å²) < 4.78 is 0. The van der Waals surface area contributed by atoms with Gasteiger partial charge in [-0.2, -0.15) is 0 Å². The molecule has 2 aliphatic heterocycles. The van der Waals surface area contributed by atoms with Crippen LogP contribution in [0.5, 0.6) is 0 Å². The number of carbonyl (C=O) groups excluding carboxylic acids is 3. The molecule has 6 nitrogen and oxygen atoms in total. The number of rotatable bonds is 4. The van der Waals surface area contributed by atoms with Gasteiger partial charge in [-0.25, -0.2) is 0 Å². The highest BCUT2D eigenvalue weighted by molar-refractivity contribution is 6.25. The van der Waals surface area contributed by atoms with Gasteiger partial charge in [-0.3, -0.25) is 19.3 Å². The van der Waals surface area contributed by atoms with Gasteiger partial charge in [0.1, 0.15) is 0 Å². The van der Waals surface area contributed by atoms with Crippen molar-refractivity contribution >= 4 is 40.9 Å². The van der Waals surface area contributed by atoms with Gasteiger partial charge in [-0.1, -0.05) is 24.3 Å². The zero-order valence-corrected chi connectivity index (χ0v) is 16.4. The van der Waals surface area contributed by atoms with Gasteiger partial charge >= 0.3 is 0 Å². The number of hydrogen-bond donors (Lipinski definition) is 1. The topological polar surface area (TPSA) is 83.7 Å². The van der Waals surface area contributed by atoms with E-state index in [-0.39, 0.29) is 42.7 Å². The van der Waals surface area contributed by atoms with Crippen LogP contribution < -0.4 is 5.73 Å². The normalized spacial score (nSPS) is 17.0. The highest BCUT2D eigenvalue weighted by atomic mass is 35.5. The smallest absolute Gasteiger partial charge is 0.261 e. The van der Waals surface area contributed by atoms with E-state index < -0.39 is 0 Å². The number of amides is 3. The molecule has 0 bridgehead atoms. The van der Waals surface area contributed by atoms with Crippen LogP contribution in [0.25, 0.3) is 10.8 Å². The summed E-state index contributed by atoms with van der Waals surface area (Å²) in [6.45, 7) is 1.63. The molecule has 0 saturated carbocycles. The molecule has 1 fully saturated rings. The molecule has 0 atom stereocenters. The number of carbonyl (C=O) groups is 3. The van der Waals surface area contributed by atoms with E-state index in [1.165, 1.54) is 4.90 Å². The summed E-state index contributed by atoms with van der Waals surface area (Å²) in [5, 5.41) is 1.62. The van der Waals surface area contributed by atoms with Gasteiger partial charge in [-0.05, 0) is 36.8 Å². The Labute approximate surface area is 170 Å². The summed E-state index contributed by atoms with van der Waals surface area (Å²) in [7, 11) is 0. The second kappa shape index (κ2) is 8.29. The van der Waals surface area contributed by atoms with Gasteiger partial charge < -0.3 is 10.6 Å².